The number of nitrogens with zero attached hydrogens (tertiary/aromatic N) is 4. The van der Waals surface area contributed by atoms with Gasteiger partial charge in [0, 0.05) is 23.3 Å². The molecule has 0 saturated heterocycles. The molecule has 2 heterocycles. The number of hydrogen-bond acceptors (Lipinski definition) is 6. The molecule has 0 bridgehead atoms. The average molecular weight is 343 g/mol. The molecule has 7 heteroatoms. The fraction of sp³-hybridized carbons (Fsp3) is 0. The van der Waals surface area contributed by atoms with Gasteiger partial charge in [0.2, 0.25) is 5.95 Å². The minimum atomic E-state index is -0.429. The van der Waals surface area contributed by atoms with Gasteiger partial charge in [-0.25, -0.2) is 15.0 Å². The lowest BCUT2D eigenvalue weighted by Crippen LogP contribution is -2.00. The molecule has 0 amide bonds. The number of aromatic nitrogens is 3. The van der Waals surface area contributed by atoms with Gasteiger partial charge >= 0.3 is 0 Å². The summed E-state index contributed by atoms with van der Waals surface area (Å²) < 4.78 is 0. The number of non-ortho nitro benzene ring substituents is 1. The van der Waals surface area contributed by atoms with Crippen molar-refractivity contribution in [3.8, 4) is 22.5 Å². The molecule has 0 unspecified atom stereocenters. The standard InChI is InChI=1S/C19H13N5O2/c20-19-22-16-11-10-15(12-6-8-14(9-7-12)24(25)26)21-18(16)17(23-19)13-4-2-1-3-5-13/h1-11H,(H2,20,22,23). The van der Waals surface area contributed by atoms with Crippen molar-refractivity contribution in [1.82, 2.24) is 15.0 Å². The van der Waals surface area contributed by atoms with Crippen LogP contribution in [0.5, 0.6) is 0 Å². The second kappa shape index (κ2) is 6.21. The van der Waals surface area contributed by atoms with Crippen molar-refractivity contribution in [2.45, 2.75) is 0 Å². The van der Waals surface area contributed by atoms with Gasteiger partial charge in [0.1, 0.15) is 11.2 Å². The van der Waals surface area contributed by atoms with E-state index in [2.05, 4.69) is 15.0 Å². The van der Waals surface area contributed by atoms with Crippen LogP contribution >= 0.6 is 0 Å². The molecule has 2 aromatic carbocycles. The number of nitrogen functional groups attached to an aromatic ring is 1. The molecular formula is C19H13N5O2. The summed E-state index contributed by atoms with van der Waals surface area (Å²) in [6.07, 6.45) is 0. The Morgan fingerprint density at radius 2 is 1.54 bits per heavy atom. The molecule has 26 heavy (non-hydrogen) atoms. The first kappa shape index (κ1) is 15.6. The summed E-state index contributed by atoms with van der Waals surface area (Å²) in [6, 6.07) is 19.5. The number of nitro groups is 1. The highest BCUT2D eigenvalue weighted by Crippen LogP contribution is 2.28. The molecule has 0 saturated carbocycles. The third kappa shape index (κ3) is 2.82. The molecular weight excluding hydrogens is 330 g/mol. The molecule has 0 fully saturated rings. The van der Waals surface area contributed by atoms with E-state index in [4.69, 9.17) is 5.73 Å². The highest BCUT2D eigenvalue weighted by Gasteiger charge is 2.12. The lowest BCUT2D eigenvalue weighted by Gasteiger charge is -2.08. The molecule has 0 aliphatic heterocycles. The van der Waals surface area contributed by atoms with Crippen molar-refractivity contribution in [2.75, 3.05) is 5.73 Å². The summed E-state index contributed by atoms with van der Waals surface area (Å²) in [5, 5.41) is 10.8. The lowest BCUT2D eigenvalue weighted by molar-refractivity contribution is -0.384. The zero-order valence-electron chi connectivity index (χ0n) is 13.5. The molecule has 2 aromatic heterocycles. The highest BCUT2D eigenvalue weighted by atomic mass is 16.6. The van der Waals surface area contributed by atoms with Crippen LogP contribution < -0.4 is 5.73 Å². The number of benzene rings is 2. The first-order chi connectivity index (χ1) is 12.6. The van der Waals surface area contributed by atoms with Crippen LogP contribution in [0, 0.1) is 10.1 Å². The Kier molecular flexibility index (Phi) is 3.74. The predicted octanol–water partition coefficient (Wildman–Crippen LogP) is 3.85. The summed E-state index contributed by atoms with van der Waals surface area (Å²) in [6.45, 7) is 0. The zero-order valence-corrected chi connectivity index (χ0v) is 13.5. The van der Waals surface area contributed by atoms with Gasteiger partial charge in [-0.3, -0.25) is 10.1 Å². The molecule has 0 spiro atoms. The van der Waals surface area contributed by atoms with E-state index in [9.17, 15) is 10.1 Å². The Hall–Kier alpha value is -3.87. The van der Waals surface area contributed by atoms with Crippen LogP contribution in [0.15, 0.2) is 66.7 Å². The van der Waals surface area contributed by atoms with Crippen molar-refractivity contribution in [2.24, 2.45) is 0 Å². The fourth-order valence-electron chi connectivity index (χ4n) is 2.74. The van der Waals surface area contributed by atoms with Crippen LogP contribution in [-0.4, -0.2) is 19.9 Å². The Morgan fingerprint density at radius 3 is 2.23 bits per heavy atom. The van der Waals surface area contributed by atoms with Crippen LogP contribution in [0.4, 0.5) is 11.6 Å². The monoisotopic (exact) mass is 343 g/mol. The molecule has 0 radical (unpaired) electrons. The van der Waals surface area contributed by atoms with Crippen molar-refractivity contribution in [1.29, 1.82) is 0 Å². The van der Waals surface area contributed by atoms with E-state index < -0.39 is 4.92 Å². The van der Waals surface area contributed by atoms with Crippen LogP contribution in [0.2, 0.25) is 0 Å². The Labute approximate surface area is 148 Å². The van der Waals surface area contributed by atoms with E-state index in [0.29, 0.717) is 22.4 Å². The predicted molar refractivity (Wildman–Crippen MR) is 99.3 cm³/mol. The minimum absolute atomic E-state index is 0.0376. The first-order valence-corrected chi connectivity index (χ1v) is 7.86. The second-order valence-electron chi connectivity index (χ2n) is 5.66. The van der Waals surface area contributed by atoms with E-state index in [-0.39, 0.29) is 11.6 Å². The second-order valence-corrected chi connectivity index (χ2v) is 5.66. The van der Waals surface area contributed by atoms with E-state index in [1.807, 2.05) is 42.5 Å². The van der Waals surface area contributed by atoms with Crippen LogP contribution in [0.3, 0.4) is 0 Å². The molecule has 7 nitrogen and oxygen atoms in total. The van der Waals surface area contributed by atoms with E-state index >= 15 is 0 Å². The number of hydrogen-bond donors (Lipinski definition) is 1. The number of nitro benzene ring substituents is 1. The number of pyridine rings is 1. The Bertz CT molecular complexity index is 1110. The van der Waals surface area contributed by atoms with Crippen LogP contribution in [0.1, 0.15) is 0 Å². The lowest BCUT2D eigenvalue weighted by atomic mass is 10.1. The van der Waals surface area contributed by atoms with Gasteiger partial charge in [0.05, 0.1) is 16.1 Å². The van der Waals surface area contributed by atoms with Gasteiger partial charge in [0.15, 0.2) is 0 Å². The first-order valence-electron chi connectivity index (χ1n) is 7.86. The average Bonchev–Trinajstić information content (AvgIpc) is 2.68. The molecule has 4 aromatic rings. The van der Waals surface area contributed by atoms with Gasteiger partial charge in [-0.15, -0.1) is 0 Å². The fourth-order valence-corrected chi connectivity index (χ4v) is 2.74. The van der Waals surface area contributed by atoms with E-state index in [1.165, 1.54) is 12.1 Å². The largest absolute Gasteiger partial charge is 0.368 e. The van der Waals surface area contributed by atoms with Crippen molar-refractivity contribution < 1.29 is 4.92 Å². The topological polar surface area (TPSA) is 108 Å². The van der Waals surface area contributed by atoms with Crippen molar-refractivity contribution in [3.05, 3.63) is 76.8 Å². The van der Waals surface area contributed by atoms with Crippen LogP contribution in [-0.2, 0) is 0 Å². The summed E-state index contributed by atoms with van der Waals surface area (Å²) >= 11 is 0. The van der Waals surface area contributed by atoms with Gasteiger partial charge < -0.3 is 5.73 Å². The van der Waals surface area contributed by atoms with E-state index in [0.717, 1.165) is 11.1 Å². The van der Waals surface area contributed by atoms with Crippen molar-refractivity contribution >= 4 is 22.7 Å². The maximum Gasteiger partial charge on any atom is 0.269 e. The normalized spacial score (nSPS) is 10.8. The summed E-state index contributed by atoms with van der Waals surface area (Å²) in [4.78, 5) is 23.7. The van der Waals surface area contributed by atoms with Gasteiger partial charge in [0.25, 0.3) is 5.69 Å². The molecule has 4 rings (SSSR count). The smallest absolute Gasteiger partial charge is 0.269 e. The molecule has 0 aliphatic carbocycles. The molecule has 2 N–H and O–H groups in total. The molecule has 0 aliphatic rings. The third-order valence-corrected chi connectivity index (χ3v) is 3.98. The summed E-state index contributed by atoms with van der Waals surface area (Å²) in [7, 11) is 0. The van der Waals surface area contributed by atoms with Crippen molar-refractivity contribution in [3.63, 3.8) is 0 Å². The van der Waals surface area contributed by atoms with Gasteiger partial charge in [-0.1, -0.05) is 30.3 Å². The zero-order chi connectivity index (χ0) is 18.1. The van der Waals surface area contributed by atoms with Gasteiger partial charge in [-0.05, 0) is 24.3 Å². The molecule has 126 valence electrons. The highest BCUT2D eigenvalue weighted by molar-refractivity contribution is 5.91. The molecule has 0 atom stereocenters. The summed E-state index contributed by atoms with van der Waals surface area (Å²) in [5.41, 5.74) is 10.1. The quantitative estimate of drug-likeness (QED) is 0.447. The third-order valence-electron chi connectivity index (χ3n) is 3.98. The Balaban J connectivity index is 1.89. The van der Waals surface area contributed by atoms with E-state index in [1.54, 1.807) is 12.1 Å². The number of nitrogens with two attached hydrogens (primary N) is 1. The van der Waals surface area contributed by atoms with Gasteiger partial charge in [-0.2, -0.15) is 0 Å². The number of fused-ring (bicyclic) bond motifs is 1. The minimum Gasteiger partial charge on any atom is -0.368 e. The number of rotatable bonds is 3. The SMILES string of the molecule is Nc1nc(-c2ccccc2)c2nc(-c3ccc([N+](=O)[O-])cc3)ccc2n1. The Morgan fingerprint density at radius 1 is 0.808 bits per heavy atom. The maximum atomic E-state index is 10.8. The summed E-state index contributed by atoms with van der Waals surface area (Å²) in [5.74, 6) is 0.182. The van der Waals surface area contributed by atoms with Crippen LogP contribution in [0.25, 0.3) is 33.5 Å². The number of anilines is 1. The maximum absolute atomic E-state index is 10.8.